The molecule has 14 heavy (non-hydrogen) atoms. The first-order chi connectivity index (χ1) is 6.93. The summed E-state index contributed by atoms with van der Waals surface area (Å²) in [6.45, 7) is 1.21. The maximum Gasteiger partial charge on any atom is 0.0342 e. The summed E-state index contributed by atoms with van der Waals surface area (Å²) < 4.78 is 0. The van der Waals surface area contributed by atoms with Crippen molar-refractivity contribution in [3.63, 3.8) is 0 Å². The summed E-state index contributed by atoms with van der Waals surface area (Å²) >= 11 is 0. The van der Waals surface area contributed by atoms with Crippen molar-refractivity contribution in [2.24, 2.45) is 5.92 Å². The molecule has 0 unspecified atom stereocenters. The van der Waals surface area contributed by atoms with Gasteiger partial charge in [0.2, 0.25) is 0 Å². The lowest BCUT2D eigenvalue weighted by Crippen LogP contribution is -2.52. The molecule has 2 nitrogen and oxygen atoms in total. The predicted octanol–water partition coefficient (Wildman–Crippen LogP) is 1.85. The van der Waals surface area contributed by atoms with Gasteiger partial charge < -0.3 is 5.32 Å². The molecule has 1 N–H and O–H groups in total. The fourth-order valence-electron chi connectivity index (χ4n) is 2.33. The Morgan fingerprint density at radius 3 is 3.07 bits per heavy atom. The van der Waals surface area contributed by atoms with Crippen LogP contribution >= 0.6 is 0 Å². The minimum atomic E-state index is 0.638. The van der Waals surface area contributed by atoms with Crippen molar-refractivity contribution in [2.75, 3.05) is 6.54 Å². The zero-order chi connectivity index (χ0) is 9.38. The Labute approximate surface area is 84.1 Å². The molecule has 72 valence electrons. The van der Waals surface area contributed by atoms with Gasteiger partial charge in [-0.15, -0.1) is 0 Å². The van der Waals surface area contributed by atoms with E-state index in [0.717, 1.165) is 5.92 Å². The van der Waals surface area contributed by atoms with E-state index < -0.39 is 0 Å². The van der Waals surface area contributed by atoms with Crippen molar-refractivity contribution < 1.29 is 0 Å². The Morgan fingerprint density at radius 1 is 1.43 bits per heavy atom. The number of pyridine rings is 1. The highest BCUT2D eigenvalue weighted by molar-refractivity contribution is 5.66. The van der Waals surface area contributed by atoms with Crippen molar-refractivity contribution >= 4 is 5.57 Å². The van der Waals surface area contributed by atoms with E-state index in [4.69, 9.17) is 0 Å². The van der Waals surface area contributed by atoms with E-state index in [-0.39, 0.29) is 0 Å². The van der Waals surface area contributed by atoms with Crippen LogP contribution in [0, 0.1) is 5.92 Å². The van der Waals surface area contributed by atoms with E-state index in [1.54, 1.807) is 0 Å². The van der Waals surface area contributed by atoms with Crippen LogP contribution in [0.15, 0.2) is 30.6 Å². The van der Waals surface area contributed by atoms with Crippen molar-refractivity contribution in [2.45, 2.75) is 18.9 Å². The molecule has 0 aromatic carbocycles. The van der Waals surface area contributed by atoms with Crippen LogP contribution in [-0.4, -0.2) is 17.6 Å². The Bertz CT molecular complexity index is 356. The molecule has 3 rings (SSSR count). The van der Waals surface area contributed by atoms with Crippen LogP contribution in [0.4, 0.5) is 0 Å². The van der Waals surface area contributed by atoms with Gasteiger partial charge in [-0.25, -0.2) is 0 Å². The summed E-state index contributed by atoms with van der Waals surface area (Å²) in [5.74, 6) is 0.899. The quantitative estimate of drug-likeness (QED) is 0.724. The molecule has 2 atom stereocenters. The summed E-state index contributed by atoms with van der Waals surface area (Å²) in [7, 11) is 0. The third-order valence-electron chi connectivity index (χ3n) is 3.32. The predicted molar refractivity (Wildman–Crippen MR) is 56.7 cm³/mol. The normalized spacial score (nSPS) is 30.1. The molecular weight excluding hydrogens is 172 g/mol. The second-order valence-corrected chi connectivity index (χ2v) is 4.17. The third-order valence-corrected chi connectivity index (χ3v) is 3.32. The Morgan fingerprint density at radius 2 is 2.43 bits per heavy atom. The Hall–Kier alpha value is -1.15. The summed E-state index contributed by atoms with van der Waals surface area (Å²) in [6.07, 6.45) is 8.73. The number of allylic oxidation sites excluding steroid dienone is 1. The molecule has 0 bridgehead atoms. The fourth-order valence-corrected chi connectivity index (χ4v) is 2.33. The van der Waals surface area contributed by atoms with E-state index in [1.165, 1.54) is 30.5 Å². The molecule has 2 heteroatoms. The number of rotatable bonds is 1. The van der Waals surface area contributed by atoms with E-state index in [0.29, 0.717) is 6.04 Å². The van der Waals surface area contributed by atoms with Gasteiger partial charge in [-0.1, -0.05) is 12.1 Å². The monoisotopic (exact) mass is 186 g/mol. The molecule has 1 fully saturated rings. The number of hydrogen-bond donors (Lipinski definition) is 1. The van der Waals surface area contributed by atoms with Gasteiger partial charge in [-0.05, 0) is 36.0 Å². The van der Waals surface area contributed by atoms with Crippen LogP contribution in [0.2, 0.25) is 0 Å². The van der Waals surface area contributed by atoms with Crippen molar-refractivity contribution in [1.82, 2.24) is 10.3 Å². The number of hydrogen-bond acceptors (Lipinski definition) is 2. The van der Waals surface area contributed by atoms with E-state index in [2.05, 4.69) is 22.4 Å². The first kappa shape index (κ1) is 8.18. The van der Waals surface area contributed by atoms with Gasteiger partial charge in [0, 0.05) is 25.0 Å². The largest absolute Gasteiger partial charge is 0.310 e. The number of aromatic nitrogens is 1. The maximum absolute atomic E-state index is 4.16. The topological polar surface area (TPSA) is 24.9 Å². The number of nitrogens with zero attached hydrogens (tertiary/aromatic N) is 1. The fraction of sp³-hybridized carbons (Fsp3) is 0.417. The summed E-state index contributed by atoms with van der Waals surface area (Å²) in [4.78, 5) is 4.16. The third kappa shape index (κ3) is 1.26. The van der Waals surface area contributed by atoms with Gasteiger partial charge >= 0.3 is 0 Å². The molecule has 2 aliphatic rings. The lowest BCUT2D eigenvalue weighted by Gasteiger charge is -2.40. The molecule has 0 spiro atoms. The molecule has 1 saturated heterocycles. The Balaban J connectivity index is 1.89. The zero-order valence-electron chi connectivity index (χ0n) is 8.11. The molecule has 1 aliphatic heterocycles. The number of nitrogens with one attached hydrogen (secondary N) is 1. The van der Waals surface area contributed by atoms with Gasteiger partial charge in [0.15, 0.2) is 0 Å². The van der Waals surface area contributed by atoms with E-state index in [1.807, 2.05) is 18.5 Å². The van der Waals surface area contributed by atoms with E-state index in [9.17, 15) is 0 Å². The highest BCUT2D eigenvalue weighted by atomic mass is 15.0. The average molecular weight is 186 g/mol. The molecular formula is C12H14N2. The minimum absolute atomic E-state index is 0.638. The molecule has 1 aromatic rings. The van der Waals surface area contributed by atoms with Crippen molar-refractivity contribution in [3.05, 3.63) is 36.2 Å². The lowest BCUT2D eigenvalue weighted by molar-refractivity contribution is 0.256. The van der Waals surface area contributed by atoms with Crippen LogP contribution < -0.4 is 5.32 Å². The standard InChI is InChI=1S/C12H14N2/c1-2-10(7-13-5-1)9-3-4-11-8-14-12(11)6-9/h1-2,5-7,11-12,14H,3-4,8H2/t11-,12-/m0/s1. The minimum Gasteiger partial charge on any atom is -0.310 e. The van der Waals surface area contributed by atoms with Crippen molar-refractivity contribution in [3.8, 4) is 0 Å². The molecule has 0 amide bonds. The lowest BCUT2D eigenvalue weighted by atomic mass is 9.79. The molecule has 0 saturated carbocycles. The van der Waals surface area contributed by atoms with Crippen LogP contribution in [0.3, 0.4) is 0 Å². The summed E-state index contributed by atoms with van der Waals surface area (Å²) in [5, 5.41) is 3.45. The molecule has 1 aromatic heterocycles. The van der Waals surface area contributed by atoms with Crippen LogP contribution in [0.1, 0.15) is 18.4 Å². The first-order valence-electron chi connectivity index (χ1n) is 5.28. The van der Waals surface area contributed by atoms with Crippen LogP contribution in [0.5, 0.6) is 0 Å². The first-order valence-corrected chi connectivity index (χ1v) is 5.28. The SMILES string of the molecule is C1=C(c2cccnc2)CC[C@H]2CN[C@@H]12. The molecule has 0 radical (unpaired) electrons. The van der Waals surface area contributed by atoms with Gasteiger partial charge in [0.25, 0.3) is 0 Å². The molecule has 1 aliphatic carbocycles. The Kier molecular flexibility index (Phi) is 1.88. The highest BCUT2D eigenvalue weighted by Crippen LogP contribution is 2.33. The molecule has 2 heterocycles. The van der Waals surface area contributed by atoms with Crippen LogP contribution in [0.25, 0.3) is 5.57 Å². The average Bonchev–Trinajstić information content (AvgIpc) is 2.21. The van der Waals surface area contributed by atoms with Gasteiger partial charge in [-0.2, -0.15) is 0 Å². The maximum atomic E-state index is 4.16. The zero-order valence-corrected chi connectivity index (χ0v) is 8.11. The summed E-state index contributed by atoms with van der Waals surface area (Å²) in [5.41, 5.74) is 2.76. The highest BCUT2D eigenvalue weighted by Gasteiger charge is 2.31. The van der Waals surface area contributed by atoms with Gasteiger partial charge in [0.1, 0.15) is 0 Å². The van der Waals surface area contributed by atoms with E-state index >= 15 is 0 Å². The van der Waals surface area contributed by atoms with Crippen LogP contribution in [-0.2, 0) is 0 Å². The summed E-state index contributed by atoms with van der Waals surface area (Å²) in [6, 6.07) is 4.80. The second kappa shape index (κ2) is 3.21. The van der Waals surface area contributed by atoms with Crippen molar-refractivity contribution in [1.29, 1.82) is 0 Å². The van der Waals surface area contributed by atoms with Gasteiger partial charge in [-0.3, -0.25) is 4.98 Å². The number of fused-ring (bicyclic) bond motifs is 1. The van der Waals surface area contributed by atoms with Gasteiger partial charge in [0.05, 0.1) is 0 Å². The second-order valence-electron chi connectivity index (χ2n) is 4.17. The smallest absolute Gasteiger partial charge is 0.0342 e.